The zero-order valence-electron chi connectivity index (χ0n) is 13.1. The summed E-state index contributed by atoms with van der Waals surface area (Å²) in [5, 5.41) is 4.80. The van der Waals surface area contributed by atoms with Crippen molar-refractivity contribution in [3.8, 4) is 11.3 Å². The Morgan fingerprint density at radius 2 is 1.88 bits per heavy atom. The van der Waals surface area contributed by atoms with Crippen LogP contribution < -0.4 is 5.32 Å². The highest BCUT2D eigenvalue weighted by Gasteiger charge is 2.20. The SMILES string of the molecule is O=C(NCc1ccc(F)cc1)c1nc2sccn2c1-c1ccccc1. The number of imidazole rings is 1. The molecular formula is C19H14FN3OS. The van der Waals surface area contributed by atoms with E-state index in [1.165, 1.54) is 23.5 Å². The van der Waals surface area contributed by atoms with E-state index in [0.29, 0.717) is 12.2 Å². The van der Waals surface area contributed by atoms with E-state index in [-0.39, 0.29) is 11.7 Å². The summed E-state index contributed by atoms with van der Waals surface area (Å²) in [7, 11) is 0. The summed E-state index contributed by atoms with van der Waals surface area (Å²) in [4.78, 5) is 17.9. The maximum absolute atomic E-state index is 13.0. The fraction of sp³-hybridized carbons (Fsp3) is 0.0526. The van der Waals surface area contributed by atoms with Crippen LogP contribution in [0.3, 0.4) is 0 Å². The molecule has 4 nitrogen and oxygen atoms in total. The third-order valence-corrected chi connectivity index (χ3v) is 4.65. The smallest absolute Gasteiger partial charge is 0.272 e. The van der Waals surface area contributed by atoms with Crippen LogP contribution in [0.25, 0.3) is 16.2 Å². The normalized spacial score (nSPS) is 10.9. The molecule has 2 aromatic carbocycles. The van der Waals surface area contributed by atoms with Crippen molar-refractivity contribution in [2.24, 2.45) is 0 Å². The molecule has 124 valence electrons. The van der Waals surface area contributed by atoms with Gasteiger partial charge in [0, 0.05) is 23.7 Å². The van der Waals surface area contributed by atoms with Crippen molar-refractivity contribution < 1.29 is 9.18 Å². The summed E-state index contributed by atoms with van der Waals surface area (Å²) in [5.41, 5.74) is 2.92. The Bertz CT molecular complexity index is 1020. The number of fused-ring (bicyclic) bond motifs is 1. The number of nitrogens with zero attached hydrogens (tertiary/aromatic N) is 2. The summed E-state index contributed by atoms with van der Waals surface area (Å²) in [6, 6.07) is 15.8. The lowest BCUT2D eigenvalue weighted by molar-refractivity contribution is 0.0947. The number of thiazole rings is 1. The molecule has 0 aliphatic carbocycles. The topological polar surface area (TPSA) is 46.4 Å². The number of hydrogen-bond acceptors (Lipinski definition) is 3. The molecule has 1 amide bonds. The first-order valence-corrected chi connectivity index (χ1v) is 8.64. The highest BCUT2D eigenvalue weighted by atomic mass is 32.1. The van der Waals surface area contributed by atoms with Crippen molar-refractivity contribution in [3.05, 3.63) is 83.2 Å². The minimum absolute atomic E-state index is 0.251. The number of carbonyl (C=O) groups is 1. The van der Waals surface area contributed by atoms with Gasteiger partial charge in [-0.1, -0.05) is 42.5 Å². The predicted molar refractivity (Wildman–Crippen MR) is 96.1 cm³/mol. The molecule has 25 heavy (non-hydrogen) atoms. The van der Waals surface area contributed by atoms with Crippen LogP contribution in [-0.4, -0.2) is 15.3 Å². The van der Waals surface area contributed by atoms with E-state index < -0.39 is 0 Å². The van der Waals surface area contributed by atoms with Crippen LogP contribution >= 0.6 is 11.3 Å². The number of rotatable bonds is 4. The summed E-state index contributed by atoms with van der Waals surface area (Å²) in [5.74, 6) is -0.546. The molecule has 0 saturated carbocycles. The fourth-order valence-corrected chi connectivity index (χ4v) is 3.40. The van der Waals surface area contributed by atoms with Gasteiger partial charge in [0.05, 0.1) is 5.69 Å². The molecule has 0 saturated heterocycles. The molecule has 0 radical (unpaired) electrons. The Kier molecular flexibility index (Phi) is 4.03. The second-order valence-corrected chi connectivity index (χ2v) is 6.41. The van der Waals surface area contributed by atoms with Gasteiger partial charge in [-0.3, -0.25) is 9.20 Å². The Morgan fingerprint density at radius 1 is 1.12 bits per heavy atom. The molecule has 0 fully saturated rings. The molecule has 0 aliphatic heterocycles. The first-order valence-electron chi connectivity index (χ1n) is 7.76. The van der Waals surface area contributed by atoms with Gasteiger partial charge in [0.2, 0.25) is 0 Å². The van der Waals surface area contributed by atoms with Crippen LogP contribution in [-0.2, 0) is 6.54 Å². The molecule has 6 heteroatoms. The highest BCUT2D eigenvalue weighted by Crippen LogP contribution is 2.27. The summed E-state index contributed by atoms with van der Waals surface area (Å²) >= 11 is 1.48. The van der Waals surface area contributed by atoms with Crippen LogP contribution in [0.1, 0.15) is 16.1 Å². The molecular weight excluding hydrogens is 337 g/mol. The Hall–Kier alpha value is -2.99. The van der Waals surface area contributed by atoms with Crippen LogP contribution in [0.15, 0.2) is 66.2 Å². The number of aromatic nitrogens is 2. The molecule has 0 bridgehead atoms. The second-order valence-electron chi connectivity index (χ2n) is 5.54. The van der Waals surface area contributed by atoms with Crippen molar-refractivity contribution in [1.29, 1.82) is 0 Å². The molecule has 0 atom stereocenters. The van der Waals surface area contributed by atoms with E-state index in [1.807, 2.05) is 46.3 Å². The minimum Gasteiger partial charge on any atom is -0.347 e. The van der Waals surface area contributed by atoms with E-state index in [4.69, 9.17) is 0 Å². The van der Waals surface area contributed by atoms with E-state index in [9.17, 15) is 9.18 Å². The predicted octanol–water partition coefficient (Wildman–Crippen LogP) is 4.13. The first-order chi connectivity index (χ1) is 12.2. The quantitative estimate of drug-likeness (QED) is 0.601. The third-order valence-electron chi connectivity index (χ3n) is 3.89. The molecule has 2 heterocycles. The van der Waals surface area contributed by atoms with Crippen LogP contribution in [0.2, 0.25) is 0 Å². The molecule has 1 N–H and O–H groups in total. The minimum atomic E-state index is -0.296. The van der Waals surface area contributed by atoms with Crippen LogP contribution in [0.4, 0.5) is 4.39 Å². The van der Waals surface area contributed by atoms with Crippen molar-refractivity contribution in [2.45, 2.75) is 6.54 Å². The first kappa shape index (κ1) is 15.5. The van der Waals surface area contributed by atoms with Gasteiger partial charge < -0.3 is 5.32 Å². The van der Waals surface area contributed by atoms with Crippen molar-refractivity contribution in [3.63, 3.8) is 0 Å². The van der Waals surface area contributed by atoms with Gasteiger partial charge in [-0.2, -0.15) is 0 Å². The molecule has 4 aromatic rings. The number of nitrogens with one attached hydrogen (secondary N) is 1. The standard InChI is InChI=1S/C19H14FN3OS/c20-15-8-6-13(7-9-15)12-21-18(24)16-17(14-4-2-1-3-5-14)23-10-11-25-19(23)22-16/h1-11H,12H2,(H,21,24). The Morgan fingerprint density at radius 3 is 2.64 bits per heavy atom. The number of benzene rings is 2. The number of hydrogen-bond donors (Lipinski definition) is 1. The van der Waals surface area contributed by atoms with E-state index in [1.54, 1.807) is 12.1 Å². The maximum atomic E-state index is 13.0. The van der Waals surface area contributed by atoms with Crippen LogP contribution in [0, 0.1) is 5.82 Å². The lowest BCUT2D eigenvalue weighted by Crippen LogP contribution is -2.23. The summed E-state index contributed by atoms with van der Waals surface area (Å²) < 4.78 is 14.9. The van der Waals surface area contributed by atoms with Gasteiger partial charge in [0.25, 0.3) is 5.91 Å². The molecule has 2 aromatic heterocycles. The molecule has 4 rings (SSSR count). The van der Waals surface area contributed by atoms with Gasteiger partial charge in [-0.25, -0.2) is 9.37 Å². The van der Waals surface area contributed by atoms with Gasteiger partial charge in [-0.15, -0.1) is 11.3 Å². The van der Waals surface area contributed by atoms with Crippen molar-refractivity contribution >= 4 is 22.2 Å². The number of amides is 1. The number of carbonyl (C=O) groups excluding carboxylic acids is 1. The largest absolute Gasteiger partial charge is 0.347 e. The lowest BCUT2D eigenvalue weighted by atomic mass is 10.1. The van der Waals surface area contributed by atoms with Crippen molar-refractivity contribution in [1.82, 2.24) is 14.7 Å². The van der Waals surface area contributed by atoms with Gasteiger partial charge in [-0.05, 0) is 17.7 Å². The van der Waals surface area contributed by atoms with E-state index in [0.717, 1.165) is 21.8 Å². The van der Waals surface area contributed by atoms with Gasteiger partial charge >= 0.3 is 0 Å². The highest BCUT2D eigenvalue weighted by molar-refractivity contribution is 7.15. The fourth-order valence-electron chi connectivity index (χ4n) is 2.68. The van der Waals surface area contributed by atoms with Gasteiger partial charge in [0.15, 0.2) is 10.7 Å². The Labute approximate surface area is 147 Å². The molecule has 0 unspecified atom stereocenters. The zero-order valence-corrected chi connectivity index (χ0v) is 14.0. The average molecular weight is 351 g/mol. The summed E-state index contributed by atoms with van der Waals surface area (Å²) in [6.45, 7) is 0.318. The van der Waals surface area contributed by atoms with Crippen LogP contribution in [0.5, 0.6) is 0 Å². The zero-order chi connectivity index (χ0) is 17.2. The van der Waals surface area contributed by atoms with E-state index >= 15 is 0 Å². The maximum Gasteiger partial charge on any atom is 0.272 e. The van der Waals surface area contributed by atoms with Gasteiger partial charge in [0.1, 0.15) is 5.82 Å². The summed E-state index contributed by atoms with van der Waals surface area (Å²) in [6.07, 6.45) is 1.91. The van der Waals surface area contributed by atoms with Crippen molar-refractivity contribution in [2.75, 3.05) is 0 Å². The van der Waals surface area contributed by atoms with E-state index in [2.05, 4.69) is 10.3 Å². The number of halogens is 1. The lowest BCUT2D eigenvalue weighted by Gasteiger charge is -2.06. The molecule has 0 aliphatic rings. The molecule has 0 spiro atoms. The monoisotopic (exact) mass is 351 g/mol. The third kappa shape index (κ3) is 3.04. The average Bonchev–Trinajstić information content (AvgIpc) is 3.22. The second kappa shape index (κ2) is 6.49. The Balaban J connectivity index is 1.65.